The molecular weight excluding hydrogens is 900 g/mol. The van der Waals surface area contributed by atoms with Crippen LogP contribution in [-0.4, -0.2) is 68.5 Å². The molecule has 0 aliphatic rings. The maximum absolute atomic E-state index is 13.0. The first-order valence-electron chi connectivity index (χ1n) is 30.5. The number of unbranched alkanes of at least 4 members (excludes halogenated alkanes) is 37. The van der Waals surface area contributed by atoms with Crippen LogP contribution in [0.25, 0.3) is 0 Å². The van der Waals surface area contributed by atoms with Gasteiger partial charge < -0.3 is 28.8 Å². The molecule has 0 radical (unpaired) electrons. The topological polar surface area (TPSA) is 108 Å². The van der Waals surface area contributed by atoms with Crippen LogP contribution >= 0.6 is 7.82 Å². The molecule has 0 saturated carbocycles. The Morgan fingerprint density at radius 1 is 0.493 bits per heavy atom. The molecule has 0 aliphatic heterocycles. The van der Waals surface area contributed by atoms with E-state index in [1.807, 2.05) is 27.2 Å². The van der Waals surface area contributed by atoms with Crippen LogP contribution in [0, 0.1) is 0 Å². The van der Waals surface area contributed by atoms with E-state index in [1.54, 1.807) is 6.08 Å². The second-order valence-corrected chi connectivity index (χ2v) is 23.5. The molecule has 0 saturated heterocycles. The molecule has 0 aromatic carbocycles. The van der Waals surface area contributed by atoms with Crippen molar-refractivity contribution in [2.75, 3.05) is 40.9 Å². The van der Waals surface area contributed by atoms with E-state index in [1.165, 1.54) is 205 Å². The Morgan fingerprint density at radius 3 is 1.21 bits per heavy atom. The Morgan fingerprint density at radius 2 is 0.817 bits per heavy atom. The van der Waals surface area contributed by atoms with Crippen LogP contribution in [0.15, 0.2) is 48.6 Å². The molecule has 3 unspecified atom stereocenters. The van der Waals surface area contributed by atoms with Crippen molar-refractivity contribution >= 4 is 13.7 Å². The molecular formula is C62H119N2O6P. The lowest BCUT2D eigenvalue weighted by atomic mass is 10.0. The van der Waals surface area contributed by atoms with Gasteiger partial charge in [-0.05, 0) is 57.8 Å². The van der Waals surface area contributed by atoms with E-state index in [9.17, 15) is 19.4 Å². The highest BCUT2D eigenvalue weighted by atomic mass is 31.2. The van der Waals surface area contributed by atoms with Crippen molar-refractivity contribution < 1.29 is 32.9 Å². The van der Waals surface area contributed by atoms with Gasteiger partial charge in [-0.1, -0.05) is 274 Å². The average molecular weight is 1020 g/mol. The lowest BCUT2D eigenvalue weighted by Gasteiger charge is -2.29. The number of hydrogen-bond acceptors (Lipinski definition) is 6. The molecule has 418 valence electrons. The Labute approximate surface area is 441 Å². The number of phosphoric ester groups is 1. The summed E-state index contributed by atoms with van der Waals surface area (Å²) in [5.41, 5.74) is 0. The maximum Gasteiger partial charge on any atom is 0.268 e. The van der Waals surface area contributed by atoms with Gasteiger partial charge in [0.15, 0.2) is 0 Å². The van der Waals surface area contributed by atoms with E-state index in [0.29, 0.717) is 17.4 Å². The van der Waals surface area contributed by atoms with Crippen molar-refractivity contribution in [3.05, 3.63) is 48.6 Å². The Hall–Kier alpha value is -1.54. The Balaban J connectivity index is 4.14. The fourth-order valence-corrected chi connectivity index (χ4v) is 9.71. The normalized spacial score (nSPS) is 14.2. The highest BCUT2D eigenvalue weighted by Gasteiger charge is 2.23. The zero-order valence-electron chi connectivity index (χ0n) is 47.7. The molecule has 3 atom stereocenters. The summed E-state index contributed by atoms with van der Waals surface area (Å²) in [6.07, 6.45) is 70.6. The molecule has 0 aliphatic carbocycles. The molecule has 0 bridgehead atoms. The van der Waals surface area contributed by atoms with Gasteiger partial charge in [0, 0.05) is 6.42 Å². The third kappa shape index (κ3) is 56.0. The second kappa shape index (κ2) is 53.3. The number of carbonyl (C=O) groups excluding carboxylic acids is 1. The van der Waals surface area contributed by atoms with Crippen LogP contribution in [0.1, 0.15) is 290 Å². The maximum atomic E-state index is 13.0. The molecule has 71 heavy (non-hydrogen) atoms. The van der Waals surface area contributed by atoms with Crippen LogP contribution in [-0.2, 0) is 18.4 Å². The highest BCUT2D eigenvalue weighted by molar-refractivity contribution is 7.45. The van der Waals surface area contributed by atoms with Gasteiger partial charge in [0.25, 0.3) is 7.82 Å². The third-order valence-electron chi connectivity index (χ3n) is 13.8. The van der Waals surface area contributed by atoms with Gasteiger partial charge in [0.2, 0.25) is 5.91 Å². The predicted molar refractivity (Wildman–Crippen MR) is 307 cm³/mol. The van der Waals surface area contributed by atoms with Crippen LogP contribution in [0.5, 0.6) is 0 Å². The molecule has 1 amide bonds. The van der Waals surface area contributed by atoms with E-state index in [2.05, 4.69) is 55.6 Å². The van der Waals surface area contributed by atoms with E-state index < -0.39 is 20.0 Å². The summed E-state index contributed by atoms with van der Waals surface area (Å²) in [6.45, 7) is 4.64. The largest absolute Gasteiger partial charge is 0.756 e. The van der Waals surface area contributed by atoms with Crippen molar-refractivity contribution in [3.63, 3.8) is 0 Å². The van der Waals surface area contributed by atoms with E-state index in [-0.39, 0.29) is 19.1 Å². The monoisotopic (exact) mass is 1020 g/mol. The van der Waals surface area contributed by atoms with E-state index in [0.717, 1.165) is 64.2 Å². The fourth-order valence-electron chi connectivity index (χ4n) is 8.99. The van der Waals surface area contributed by atoms with Crippen molar-refractivity contribution in [3.8, 4) is 0 Å². The number of nitrogens with one attached hydrogen (secondary N) is 1. The van der Waals surface area contributed by atoms with Crippen LogP contribution in [0.4, 0.5) is 0 Å². The molecule has 0 heterocycles. The second-order valence-electron chi connectivity index (χ2n) is 22.1. The van der Waals surface area contributed by atoms with Crippen LogP contribution < -0.4 is 10.2 Å². The average Bonchev–Trinajstić information content (AvgIpc) is 3.33. The number of hydrogen-bond donors (Lipinski definition) is 2. The van der Waals surface area contributed by atoms with Gasteiger partial charge in [0.1, 0.15) is 13.2 Å². The summed E-state index contributed by atoms with van der Waals surface area (Å²) in [7, 11) is 1.25. The molecule has 8 nitrogen and oxygen atoms in total. The van der Waals surface area contributed by atoms with Crippen molar-refractivity contribution in [1.82, 2.24) is 5.32 Å². The van der Waals surface area contributed by atoms with Crippen molar-refractivity contribution in [2.24, 2.45) is 0 Å². The molecule has 0 aromatic rings. The fraction of sp³-hybridized carbons (Fsp3) is 0.855. The summed E-state index contributed by atoms with van der Waals surface area (Å²) in [4.78, 5) is 25.5. The SMILES string of the molecule is CCCCC/C=C\C/C=C\C/C=C\CCCCCCCCC(=O)NC(COP(=O)([O-])OCC[N+](C)(C)C)C(O)/C=C/CCCCCCCCCCCCCCCCCCCCCCCCCCCCCC. The molecule has 0 aromatic heterocycles. The number of allylic oxidation sites excluding steroid dienone is 7. The summed E-state index contributed by atoms with van der Waals surface area (Å²) < 4.78 is 23.4. The predicted octanol–water partition coefficient (Wildman–Crippen LogP) is 18.1. The molecule has 0 fully saturated rings. The Kier molecular flexibility index (Phi) is 52.1. The molecule has 0 spiro atoms. The smallest absolute Gasteiger partial charge is 0.268 e. The number of aliphatic hydroxyl groups is 1. The van der Waals surface area contributed by atoms with Crippen LogP contribution in [0.3, 0.4) is 0 Å². The molecule has 0 rings (SSSR count). The number of phosphoric acid groups is 1. The van der Waals surface area contributed by atoms with E-state index in [4.69, 9.17) is 9.05 Å². The molecule has 2 N–H and O–H groups in total. The number of carbonyl (C=O) groups is 1. The first-order chi connectivity index (χ1) is 34.5. The summed E-state index contributed by atoms with van der Waals surface area (Å²) in [6, 6.07) is -0.896. The number of amides is 1. The molecule has 9 heteroatoms. The van der Waals surface area contributed by atoms with Crippen LogP contribution in [0.2, 0.25) is 0 Å². The van der Waals surface area contributed by atoms with Gasteiger partial charge in [-0.3, -0.25) is 9.36 Å². The van der Waals surface area contributed by atoms with Gasteiger partial charge in [0.05, 0.1) is 39.9 Å². The van der Waals surface area contributed by atoms with Gasteiger partial charge in [-0.15, -0.1) is 0 Å². The zero-order valence-corrected chi connectivity index (χ0v) is 48.6. The minimum Gasteiger partial charge on any atom is -0.756 e. The van der Waals surface area contributed by atoms with Crippen molar-refractivity contribution in [2.45, 2.75) is 302 Å². The summed E-state index contributed by atoms with van der Waals surface area (Å²) in [5.74, 6) is -0.208. The van der Waals surface area contributed by atoms with E-state index >= 15 is 0 Å². The standard InChI is InChI=1S/C62H119N2O6P/c1-6-8-10-12-14-16-18-20-22-24-26-27-28-29-30-31-32-33-34-35-36-38-39-41-43-45-47-49-51-53-55-61(65)60(59-70-71(67,68)69-58-57-64(3,4)5)63-62(66)56-54-52-50-48-46-44-42-40-37-25-23-21-19-17-15-13-11-9-7-2/h15,17,21,23,37,40,53,55,60-61,65H,6-14,16,18-20,22,24-36,38-39,41-52,54,56-59H2,1-5H3,(H-,63,66,67,68)/b17-15-,23-21-,40-37-,55-53+. The van der Waals surface area contributed by atoms with Gasteiger partial charge >= 0.3 is 0 Å². The Bertz CT molecular complexity index is 1290. The minimum absolute atomic E-state index is 0.00466. The van der Waals surface area contributed by atoms with Crippen molar-refractivity contribution in [1.29, 1.82) is 0 Å². The number of nitrogens with zero attached hydrogens (tertiary/aromatic N) is 1. The first-order valence-corrected chi connectivity index (χ1v) is 32.0. The third-order valence-corrected chi connectivity index (χ3v) is 14.7. The zero-order chi connectivity index (χ0) is 52.0. The minimum atomic E-state index is -4.60. The lowest BCUT2D eigenvalue weighted by Crippen LogP contribution is -2.45. The quantitative estimate of drug-likeness (QED) is 0.0272. The lowest BCUT2D eigenvalue weighted by molar-refractivity contribution is -0.870. The van der Waals surface area contributed by atoms with Gasteiger partial charge in [-0.2, -0.15) is 0 Å². The number of quaternary nitrogens is 1. The number of likely N-dealkylation sites (N-methyl/N-ethyl adjacent to an activating group) is 1. The highest BCUT2D eigenvalue weighted by Crippen LogP contribution is 2.38. The number of aliphatic hydroxyl groups excluding tert-OH is 1. The summed E-state index contributed by atoms with van der Waals surface area (Å²) in [5, 5.41) is 13.9. The summed E-state index contributed by atoms with van der Waals surface area (Å²) >= 11 is 0. The first kappa shape index (κ1) is 69.5. The number of rotatable bonds is 56. The van der Waals surface area contributed by atoms with Gasteiger partial charge in [-0.25, -0.2) is 0 Å².